The number of fused-ring (bicyclic) bond motifs is 1. The molecule has 36 heavy (non-hydrogen) atoms. The van der Waals surface area contributed by atoms with E-state index >= 15 is 0 Å². The largest absolute Gasteiger partial charge is 0.478 e. The Balaban J connectivity index is 1.89. The number of carbonyl (C=O) groups excluding carboxylic acids is 1. The Bertz CT molecular complexity index is 1460. The van der Waals surface area contributed by atoms with Gasteiger partial charge in [-0.05, 0) is 61.5 Å². The van der Waals surface area contributed by atoms with Gasteiger partial charge in [0.2, 0.25) is 0 Å². The van der Waals surface area contributed by atoms with E-state index in [0.29, 0.717) is 16.2 Å². The third kappa shape index (κ3) is 5.16. The van der Waals surface area contributed by atoms with Crippen LogP contribution in [0.15, 0.2) is 66.7 Å². The normalized spacial score (nSPS) is 11.5. The van der Waals surface area contributed by atoms with Gasteiger partial charge in [-0.2, -0.15) is 13.2 Å². The number of aromatic nitrogens is 1. The maximum absolute atomic E-state index is 13.1. The van der Waals surface area contributed by atoms with E-state index < -0.39 is 23.7 Å². The van der Waals surface area contributed by atoms with Crippen LogP contribution in [-0.2, 0) is 22.1 Å². The molecule has 0 atom stereocenters. The monoisotopic (exact) mass is 517 g/mol. The minimum atomic E-state index is -4.55. The molecule has 4 rings (SSSR count). The van der Waals surface area contributed by atoms with Gasteiger partial charge in [-0.25, -0.2) is 4.79 Å². The highest BCUT2D eigenvalue weighted by atomic mass is 35.5. The first kappa shape index (κ1) is 25.1. The number of carboxylic acids is 1. The number of halogens is 4. The number of alkyl halides is 3. The molecule has 186 valence electrons. The van der Waals surface area contributed by atoms with E-state index in [1.54, 1.807) is 41.8 Å². The molecule has 0 saturated heterocycles. The van der Waals surface area contributed by atoms with Gasteiger partial charge in [0.1, 0.15) is 11.5 Å². The maximum atomic E-state index is 13.1. The highest BCUT2D eigenvalue weighted by molar-refractivity contribution is 6.30. The summed E-state index contributed by atoms with van der Waals surface area (Å²) >= 11 is 6.16. The first-order chi connectivity index (χ1) is 17.1. The summed E-state index contributed by atoms with van der Waals surface area (Å²) in [5.41, 5.74) is 0.0780. The lowest BCUT2D eigenvalue weighted by Gasteiger charge is -2.12. The van der Waals surface area contributed by atoms with Gasteiger partial charge in [-0.1, -0.05) is 23.7 Å². The number of carbonyl (C=O) groups is 2. The molecule has 10 heteroatoms. The topological polar surface area (TPSA) is 77.8 Å². The number of nitrogens with zero attached hydrogens (tertiary/aromatic N) is 1. The van der Waals surface area contributed by atoms with Crippen LogP contribution in [-0.4, -0.2) is 28.2 Å². The average molecular weight is 518 g/mol. The molecule has 1 aromatic heterocycles. The fourth-order valence-corrected chi connectivity index (χ4v) is 4.11. The van der Waals surface area contributed by atoms with E-state index in [2.05, 4.69) is 0 Å². The average Bonchev–Trinajstić information content (AvgIpc) is 3.12. The smallest absolute Gasteiger partial charge is 0.416 e. The summed E-state index contributed by atoms with van der Waals surface area (Å²) in [5.74, 6) is -1.86. The Morgan fingerprint density at radius 3 is 2.39 bits per heavy atom. The van der Waals surface area contributed by atoms with Crippen LogP contribution in [0.25, 0.3) is 16.6 Å². The Labute approximate surface area is 208 Å². The Kier molecular flexibility index (Phi) is 6.94. The van der Waals surface area contributed by atoms with Crippen LogP contribution in [0.5, 0.6) is 11.5 Å². The Hall–Kier alpha value is -3.98. The molecular weight excluding hydrogens is 499 g/mol. The van der Waals surface area contributed by atoms with Crippen molar-refractivity contribution in [3.63, 3.8) is 0 Å². The number of hydrogen-bond acceptors (Lipinski definition) is 4. The number of aromatic carboxylic acids is 1. The number of rotatable bonds is 7. The molecule has 1 heterocycles. The SMILES string of the molecule is CCOC(=O)Cc1c(C(=O)O)c2cc(Oc3cccc(C(F)(F)F)c3)ccc2n1-c1cccc(Cl)c1. The van der Waals surface area contributed by atoms with E-state index in [-0.39, 0.29) is 41.2 Å². The van der Waals surface area contributed by atoms with Gasteiger partial charge in [-0.15, -0.1) is 0 Å². The van der Waals surface area contributed by atoms with Crippen LogP contribution in [0.1, 0.15) is 28.5 Å². The lowest BCUT2D eigenvalue weighted by Crippen LogP contribution is -2.14. The van der Waals surface area contributed by atoms with Crippen molar-refractivity contribution in [3.8, 4) is 17.2 Å². The minimum absolute atomic E-state index is 0.0675. The fourth-order valence-electron chi connectivity index (χ4n) is 3.92. The third-order valence-corrected chi connectivity index (χ3v) is 5.57. The first-order valence-electron chi connectivity index (χ1n) is 10.8. The second kappa shape index (κ2) is 9.94. The summed E-state index contributed by atoms with van der Waals surface area (Å²) in [7, 11) is 0. The molecule has 0 aliphatic carbocycles. The van der Waals surface area contributed by atoms with Gasteiger partial charge < -0.3 is 19.1 Å². The molecule has 0 fully saturated rings. The number of carboxylic acid groups (broad SMARTS) is 1. The van der Waals surface area contributed by atoms with Gasteiger partial charge in [0.25, 0.3) is 0 Å². The van der Waals surface area contributed by atoms with E-state index in [4.69, 9.17) is 21.1 Å². The van der Waals surface area contributed by atoms with Crippen LogP contribution in [0.3, 0.4) is 0 Å². The molecule has 0 spiro atoms. The van der Waals surface area contributed by atoms with Crippen LogP contribution < -0.4 is 4.74 Å². The van der Waals surface area contributed by atoms with Crippen molar-refractivity contribution >= 4 is 34.4 Å². The summed E-state index contributed by atoms with van der Waals surface area (Å²) < 4.78 is 51.5. The minimum Gasteiger partial charge on any atom is -0.478 e. The molecule has 1 N–H and O–H groups in total. The Morgan fingerprint density at radius 2 is 1.72 bits per heavy atom. The molecule has 4 aromatic rings. The van der Waals surface area contributed by atoms with E-state index in [1.165, 1.54) is 24.3 Å². The molecule has 3 aromatic carbocycles. The lowest BCUT2D eigenvalue weighted by molar-refractivity contribution is -0.142. The molecule has 0 unspecified atom stereocenters. The van der Waals surface area contributed by atoms with Gasteiger partial charge in [0.15, 0.2) is 0 Å². The second-order valence-corrected chi connectivity index (χ2v) is 8.17. The number of ether oxygens (including phenoxy) is 2. The predicted octanol–water partition coefficient (Wildman–Crippen LogP) is 6.90. The van der Waals surface area contributed by atoms with Crippen molar-refractivity contribution < 1.29 is 37.3 Å². The molecule has 0 bridgehead atoms. The van der Waals surface area contributed by atoms with Crippen LogP contribution >= 0.6 is 11.6 Å². The first-order valence-corrected chi connectivity index (χ1v) is 11.1. The summed E-state index contributed by atoms with van der Waals surface area (Å²) in [6, 6.07) is 15.5. The molecule has 0 aliphatic rings. The standard InChI is InChI=1S/C26H19ClF3NO5/c1-2-35-23(32)14-22-24(25(33)34)20-13-19(36-18-8-3-5-15(11-18)26(28,29)30)9-10-21(20)31(22)17-7-4-6-16(27)12-17/h3-13H,2,14H2,1H3,(H,33,34). The summed E-state index contributed by atoms with van der Waals surface area (Å²) in [5, 5.41) is 10.7. The maximum Gasteiger partial charge on any atom is 0.416 e. The van der Waals surface area contributed by atoms with Gasteiger partial charge in [0.05, 0.1) is 29.7 Å². The predicted molar refractivity (Wildman–Crippen MR) is 127 cm³/mol. The zero-order valence-electron chi connectivity index (χ0n) is 18.8. The third-order valence-electron chi connectivity index (χ3n) is 5.33. The van der Waals surface area contributed by atoms with Crippen molar-refractivity contribution in [3.05, 3.63) is 88.6 Å². The quantitative estimate of drug-likeness (QED) is 0.270. The summed E-state index contributed by atoms with van der Waals surface area (Å²) in [6.07, 6.45) is -4.88. The van der Waals surface area contributed by atoms with Crippen LogP contribution in [0.4, 0.5) is 13.2 Å². The molecule has 0 amide bonds. The molecule has 0 radical (unpaired) electrons. The highest BCUT2D eigenvalue weighted by Gasteiger charge is 2.31. The summed E-state index contributed by atoms with van der Waals surface area (Å²) in [4.78, 5) is 24.7. The van der Waals surface area contributed by atoms with E-state index in [1.807, 2.05) is 0 Å². The van der Waals surface area contributed by atoms with Crippen LogP contribution in [0.2, 0.25) is 5.02 Å². The van der Waals surface area contributed by atoms with Gasteiger partial charge in [-0.3, -0.25) is 4.79 Å². The fraction of sp³-hybridized carbons (Fsp3) is 0.154. The zero-order chi connectivity index (χ0) is 26.0. The number of benzene rings is 3. The van der Waals surface area contributed by atoms with Crippen molar-refractivity contribution in [2.75, 3.05) is 6.61 Å². The van der Waals surface area contributed by atoms with Crippen molar-refractivity contribution in [1.82, 2.24) is 4.57 Å². The van der Waals surface area contributed by atoms with E-state index in [9.17, 15) is 27.9 Å². The number of esters is 1. The van der Waals surface area contributed by atoms with Gasteiger partial charge >= 0.3 is 18.1 Å². The van der Waals surface area contributed by atoms with Crippen molar-refractivity contribution in [2.24, 2.45) is 0 Å². The molecule has 6 nitrogen and oxygen atoms in total. The Morgan fingerprint density at radius 1 is 1.00 bits per heavy atom. The van der Waals surface area contributed by atoms with Crippen LogP contribution in [0, 0.1) is 0 Å². The van der Waals surface area contributed by atoms with E-state index in [0.717, 1.165) is 12.1 Å². The highest BCUT2D eigenvalue weighted by Crippen LogP contribution is 2.36. The lowest BCUT2D eigenvalue weighted by atomic mass is 10.1. The number of hydrogen-bond donors (Lipinski definition) is 1. The molecule has 0 saturated carbocycles. The van der Waals surface area contributed by atoms with Crippen molar-refractivity contribution in [2.45, 2.75) is 19.5 Å². The molecular formula is C26H19ClF3NO5. The second-order valence-electron chi connectivity index (χ2n) is 7.73. The summed E-state index contributed by atoms with van der Waals surface area (Å²) in [6.45, 7) is 1.76. The zero-order valence-corrected chi connectivity index (χ0v) is 19.6. The molecule has 0 aliphatic heterocycles. The van der Waals surface area contributed by atoms with Gasteiger partial charge in [0, 0.05) is 21.8 Å². The van der Waals surface area contributed by atoms with Crippen molar-refractivity contribution in [1.29, 1.82) is 0 Å².